The third kappa shape index (κ3) is 7.72. The summed E-state index contributed by atoms with van der Waals surface area (Å²) in [6.07, 6.45) is 1.29. The molecule has 0 spiro atoms. The number of likely N-dealkylation sites (tertiary alicyclic amines) is 1. The number of hydrogen-bond donors (Lipinski definition) is 2. The van der Waals surface area contributed by atoms with E-state index in [0.29, 0.717) is 38.0 Å². The van der Waals surface area contributed by atoms with Gasteiger partial charge in [-0.15, -0.1) is 0 Å². The van der Waals surface area contributed by atoms with Gasteiger partial charge in [0.25, 0.3) is 5.91 Å². The van der Waals surface area contributed by atoms with Crippen molar-refractivity contribution in [3.05, 3.63) is 34.3 Å². The summed E-state index contributed by atoms with van der Waals surface area (Å²) >= 11 is 3.33. The van der Waals surface area contributed by atoms with Gasteiger partial charge in [-0.05, 0) is 50.6 Å². The van der Waals surface area contributed by atoms with Crippen molar-refractivity contribution in [2.75, 3.05) is 46.8 Å². The van der Waals surface area contributed by atoms with Crippen LogP contribution >= 0.6 is 15.9 Å². The fraction of sp³-hybridized carbons (Fsp3) is 0.591. The first-order chi connectivity index (χ1) is 14.1. The minimum atomic E-state index is -0.278. The highest BCUT2D eigenvalue weighted by molar-refractivity contribution is 9.10. The van der Waals surface area contributed by atoms with Crippen molar-refractivity contribution in [3.63, 3.8) is 0 Å². The summed E-state index contributed by atoms with van der Waals surface area (Å²) in [5.74, 6) is -0.402. The minimum absolute atomic E-state index is 0.00236. The molecule has 8 heteroatoms. The van der Waals surface area contributed by atoms with Crippen molar-refractivity contribution in [1.82, 2.24) is 20.4 Å². The molecule has 3 amide bonds. The maximum Gasteiger partial charge on any atom is 0.251 e. The molecule has 0 unspecified atom stereocenters. The highest BCUT2D eigenvalue weighted by Crippen LogP contribution is 2.19. The molecule has 1 aliphatic rings. The van der Waals surface area contributed by atoms with Crippen LogP contribution in [0.5, 0.6) is 0 Å². The fourth-order valence-corrected chi connectivity index (χ4v) is 4.17. The molecule has 1 aromatic rings. The highest BCUT2D eigenvalue weighted by Gasteiger charge is 2.28. The van der Waals surface area contributed by atoms with Crippen molar-refractivity contribution < 1.29 is 14.4 Å². The van der Waals surface area contributed by atoms with E-state index in [0.717, 1.165) is 11.0 Å². The number of benzene rings is 1. The molecule has 7 nitrogen and oxygen atoms in total. The van der Waals surface area contributed by atoms with Crippen LogP contribution in [0.1, 0.15) is 37.0 Å². The largest absolute Gasteiger partial charge is 0.355 e. The van der Waals surface area contributed by atoms with Crippen molar-refractivity contribution in [3.8, 4) is 0 Å². The summed E-state index contributed by atoms with van der Waals surface area (Å²) in [7, 11) is 4.05. The fourth-order valence-electron chi connectivity index (χ4n) is 3.77. The van der Waals surface area contributed by atoms with E-state index in [-0.39, 0.29) is 35.6 Å². The molecule has 0 atom stereocenters. The van der Waals surface area contributed by atoms with Gasteiger partial charge in [0.2, 0.25) is 11.8 Å². The first-order valence-corrected chi connectivity index (χ1v) is 11.1. The summed E-state index contributed by atoms with van der Waals surface area (Å²) in [6.45, 7) is 6.82. The van der Waals surface area contributed by atoms with E-state index < -0.39 is 0 Å². The Morgan fingerprint density at radius 1 is 1.17 bits per heavy atom. The molecule has 0 saturated carbocycles. The van der Waals surface area contributed by atoms with Gasteiger partial charge in [0.1, 0.15) is 0 Å². The Morgan fingerprint density at radius 3 is 2.43 bits per heavy atom. The highest BCUT2D eigenvalue weighted by atomic mass is 79.9. The molecule has 2 rings (SSSR count). The smallest absolute Gasteiger partial charge is 0.251 e. The lowest BCUT2D eigenvalue weighted by atomic mass is 9.91. The average Bonchev–Trinajstić information content (AvgIpc) is 2.69. The van der Waals surface area contributed by atoms with Crippen LogP contribution in [0.15, 0.2) is 28.7 Å². The molecule has 1 aliphatic heterocycles. The van der Waals surface area contributed by atoms with Crippen molar-refractivity contribution in [1.29, 1.82) is 0 Å². The quantitative estimate of drug-likeness (QED) is 0.596. The van der Waals surface area contributed by atoms with Gasteiger partial charge in [-0.3, -0.25) is 14.4 Å². The first kappa shape index (κ1) is 24.3. The number of carbonyl (C=O) groups is 3. The molecular formula is C22H33BrN4O3. The van der Waals surface area contributed by atoms with Crippen molar-refractivity contribution in [2.45, 2.75) is 26.7 Å². The number of carbonyl (C=O) groups excluding carboxylic acids is 3. The second-order valence-corrected chi connectivity index (χ2v) is 9.88. The third-order valence-electron chi connectivity index (χ3n) is 5.19. The number of rotatable bonds is 8. The molecule has 30 heavy (non-hydrogen) atoms. The van der Waals surface area contributed by atoms with E-state index in [2.05, 4.69) is 45.3 Å². The predicted octanol–water partition coefficient (Wildman–Crippen LogP) is 2.12. The molecule has 2 N–H and O–H groups in total. The third-order valence-corrected chi connectivity index (χ3v) is 5.68. The van der Waals surface area contributed by atoms with Gasteiger partial charge in [-0.25, -0.2) is 0 Å². The second-order valence-electron chi connectivity index (χ2n) is 8.97. The second kappa shape index (κ2) is 10.9. The lowest BCUT2D eigenvalue weighted by molar-refractivity contribution is -0.134. The molecule has 1 heterocycles. The summed E-state index contributed by atoms with van der Waals surface area (Å²) in [5, 5.41) is 5.75. The standard InChI is InChI=1S/C22H33BrN4O3/c1-22(2,15-26(3)4)14-25-20(29)16-8-10-27(11-9-16)19(28)13-24-21(30)17-6-5-7-18(23)12-17/h5-7,12,16H,8-11,13-15H2,1-4H3,(H,24,30)(H,25,29). The normalized spacial score (nSPS) is 15.2. The van der Waals surface area contributed by atoms with Gasteiger partial charge >= 0.3 is 0 Å². The zero-order chi connectivity index (χ0) is 22.3. The Morgan fingerprint density at radius 2 is 1.83 bits per heavy atom. The molecule has 0 aromatic heterocycles. The number of halogens is 1. The van der Waals surface area contributed by atoms with Crippen LogP contribution in [0.4, 0.5) is 0 Å². The van der Waals surface area contributed by atoms with E-state index in [1.54, 1.807) is 23.1 Å². The minimum Gasteiger partial charge on any atom is -0.355 e. The van der Waals surface area contributed by atoms with Crippen LogP contribution in [0.25, 0.3) is 0 Å². The van der Waals surface area contributed by atoms with E-state index in [1.165, 1.54) is 0 Å². The molecule has 0 radical (unpaired) electrons. The SMILES string of the molecule is CN(C)CC(C)(C)CNC(=O)C1CCN(C(=O)CNC(=O)c2cccc(Br)c2)CC1. The average molecular weight is 481 g/mol. The van der Waals surface area contributed by atoms with E-state index in [1.807, 2.05) is 20.2 Å². The van der Waals surface area contributed by atoms with E-state index >= 15 is 0 Å². The molecule has 1 saturated heterocycles. The molecular weight excluding hydrogens is 448 g/mol. The molecule has 0 bridgehead atoms. The first-order valence-electron chi connectivity index (χ1n) is 10.3. The van der Waals surface area contributed by atoms with Crippen LogP contribution in [0.2, 0.25) is 0 Å². The van der Waals surface area contributed by atoms with Gasteiger partial charge in [-0.2, -0.15) is 0 Å². The summed E-state index contributed by atoms with van der Waals surface area (Å²) < 4.78 is 0.812. The van der Waals surface area contributed by atoms with Gasteiger partial charge in [0.15, 0.2) is 0 Å². The summed E-state index contributed by atoms with van der Waals surface area (Å²) in [5.41, 5.74) is 0.507. The Hall–Kier alpha value is -1.93. The monoisotopic (exact) mass is 480 g/mol. The van der Waals surface area contributed by atoms with E-state index in [4.69, 9.17) is 0 Å². The zero-order valence-electron chi connectivity index (χ0n) is 18.3. The number of piperidine rings is 1. The lowest BCUT2D eigenvalue weighted by Gasteiger charge is -2.33. The Labute approximate surface area is 187 Å². The molecule has 0 aliphatic carbocycles. The number of nitrogens with zero attached hydrogens (tertiary/aromatic N) is 2. The van der Waals surface area contributed by atoms with Crippen LogP contribution in [0.3, 0.4) is 0 Å². The van der Waals surface area contributed by atoms with Crippen molar-refractivity contribution >= 4 is 33.7 Å². The van der Waals surface area contributed by atoms with Crippen molar-refractivity contribution in [2.24, 2.45) is 11.3 Å². The van der Waals surface area contributed by atoms with Gasteiger partial charge in [0, 0.05) is 42.1 Å². The molecule has 1 fully saturated rings. The van der Waals surface area contributed by atoms with Crippen LogP contribution in [-0.4, -0.2) is 74.3 Å². The van der Waals surface area contributed by atoms with Gasteiger partial charge in [0.05, 0.1) is 6.54 Å². The number of amides is 3. The Bertz CT molecular complexity index is 759. The topological polar surface area (TPSA) is 81.8 Å². The van der Waals surface area contributed by atoms with Crippen LogP contribution in [0, 0.1) is 11.3 Å². The number of nitrogens with one attached hydrogen (secondary N) is 2. The Balaban J connectivity index is 1.73. The van der Waals surface area contributed by atoms with Crippen LogP contribution < -0.4 is 10.6 Å². The summed E-state index contributed by atoms with van der Waals surface area (Å²) in [4.78, 5) is 41.0. The van der Waals surface area contributed by atoms with E-state index in [9.17, 15) is 14.4 Å². The molecule has 1 aromatic carbocycles. The number of hydrogen-bond acceptors (Lipinski definition) is 4. The lowest BCUT2D eigenvalue weighted by Crippen LogP contribution is -2.47. The summed E-state index contributed by atoms with van der Waals surface area (Å²) in [6, 6.07) is 7.03. The maximum absolute atomic E-state index is 12.5. The zero-order valence-corrected chi connectivity index (χ0v) is 19.9. The van der Waals surface area contributed by atoms with Gasteiger partial charge in [-0.1, -0.05) is 35.8 Å². The van der Waals surface area contributed by atoms with Crippen LogP contribution in [-0.2, 0) is 9.59 Å². The maximum atomic E-state index is 12.5. The Kier molecular flexibility index (Phi) is 8.85. The molecule has 166 valence electrons. The van der Waals surface area contributed by atoms with Gasteiger partial charge < -0.3 is 20.4 Å². The predicted molar refractivity (Wildman–Crippen MR) is 121 cm³/mol.